The lowest BCUT2D eigenvalue weighted by Gasteiger charge is -2.29. The third kappa shape index (κ3) is 3.54. The first-order valence-corrected chi connectivity index (χ1v) is 8.51. The molecule has 0 atom stereocenters. The number of furan rings is 1. The van der Waals surface area contributed by atoms with E-state index in [1.54, 1.807) is 18.0 Å². The Morgan fingerprint density at radius 2 is 1.95 bits per heavy atom. The van der Waals surface area contributed by atoms with Crippen molar-refractivity contribution < 1.29 is 9.21 Å². The van der Waals surface area contributed by atoms with Crippen molar-refractivity contribution >= 4 is 17.7 Å². The van der Waals surface area contributed by atoms with E-state index in [4.69, 9.17) is 10.2 Å². The number of nitrogens with two attached hydrogens (primary N) is 1. The number of rotatable bonds is 4. The molecule has 116 valence electrons. The summed E-state index contributed by atoms with van der Waals surface area (Å²) in [5.41, 5.74) is 6.85. The first kappa shape index (κ1) is 15.2. The minimum absolute atomic E-state index is 0.0134. The zero-order chi connectivity index (χ0) is 15.4. The number of carbonyl (C=O) groups excluding carboxylic acids is 1. The van der Waals surface area contributed by atoms with E-state index in [1.165, 1.54) is 4.90 Å². The third-order valence-corrected chi connectivity index (χ3v) is 4.97. The largest absolute Gasteiger partial charge is 0.459 e. The molecule has 2 N–H and O–H groups in total. The summed E-state index contributed by atoms with van der Waals surface area (Å²) in [4.78, 5) is 15.6. The van der Waals surface area contributed by atoms with Crippen LogP contribution in [0.3, 0.4) is 0 Å². The summed E-state index contributed by atoms with van der Waals surface area (Å²) in [7, 11) is 0. The molecule has 0 saturated carbocycles. The number of hydrogen-bond acceptors (Lipinski definition) is 4. The maximum absolute atomic E-state index is 12.6. The lowest BCUT2D eigenvalue weighted by molar-refractivity contribution is 0.0681. The van der Waals surface area contributed by atoms with Crippen LogP contribution in [0.4, 0.5) is 0 Å². The van der Waals surface area contributed by atoms with Crippen LogP contribution in [0.2, 0.25) is 0 Å². The van der Waals surface area contributed by atoms with Gasteiger partial charge in [-0.3, -0.25) is 4.79 Å². The van der Waals surface area contributed by atoms with Gasteiger partial charge >= 0.3 is 0 Å². The van der Waals surface area contributed by atoms with E-state index < -0.39 is 0 Å². The van der Waals surface area contributed by atoms with Gasteiger partial charge in [0.1, 0.15) is 0 Å². The van der Waals surface area contributed by atoms with Crippen LogP contribution in [0, 0.1) is 0 Å². The van der Waals surface area contributed by atoms with Crippen molar-refractivity contribution in [1.29, 1.82) is 0 Å². The van der Waals surface area contributed by atoms with Gasteiger partial charge in [-0.15, -0.1) is 11.8 Å². The SMILES string of the molecule is NC1CCN(C(=O)c2occc2CSc2ccccc2)CC1. The molecule has 22 heavy (non-hydrogen) atoms. The van der Waals surface area contributed by atoms with Crippen molar-refractivity contribution in [3.63, 3.8) is 0 Å². The Bertz CT molecular complexity index is 619. The van der Waals surface area contributed by atoms with Gasteiger partial charge in [0.15, 0.2) is 5.76 Å². The summed E-state index contributed by atoms with van der Waals surface area (Å²) < 4.78 is 5.46. The van der Waals surface area contributed by atoms with Crippen molar-refractivity contribution in [2.24, 2.45) is 5.73 Å². The van der Waals surface area contributed by atoms with Gasteiger partial charge in [0.05, 0.1) is 6.26 Å². The average Bonchev–Trinajstić information content (AvgIpc) is 3.02. The van der Waals surface area contributed by atoms with Gasteiger partial charge in [-0.1, -0.05) is 18.2 Å². The second kappa shape index (κ2) is 7.03. The van der Waals surface area contributed by atoms with Crippen molar-refractivity contribution in [1.82, 2.24) is 4.90 Å². The molecule has 1 amide bonds. The lowest BCUT2D eigenvalue weighted by Crippen LogP contribution is -2.42. The number of carbonyl (C=O) groups is 1. The van der Waals surface area contributed by atoms with Gasteiger partial charge < -0.3 is 15.1 Å². The highest BCUT2D eigenvalue weighted by molar-refractivity contribution is 7.98. The number of amides is 1. The van der Waals surface area contributed by atoms with E-state index in [2.05, 4.69) is 12.1 Å². The normalized spacial score (nSPS) is 16.0. The van der Waals surface area contributed by atoms with Crippen LogP contribution in [0.25, 0.3) is 0 Å². The second-order valence-electron chi connectivity index (χ2n) is 5.51. The molecule has 2 aromatic rings. The molecule has 4 nitrogen and oxygen atoms in total. The topological polar surface area (TPSA) is 59.5 Å². The summed E-state index contributed by atoms with van der Waals surface area (Å²) >= 11 is 1.71. The van der Waals surface area contributed by atoms with Crippen LogP contribution in [0.5, 0.6) is 0 Å². The Labute approximate surface area is 134 Å². The monoisotopic (exact) mass is 316 g/mol. The highest BCUT2D eigenvalue weighted by Gasteiger charge is 2.25. The molecular formula is C17H20N2O2S. The van der Waals surface area contributed by atoms with Crippen LogP contribution in [-0.4, -0.2) is 29.9 Å². The molecule has 0 radical (unpaired) electrons. The van der Waals surface area contributed by atoms with Crippen molar-refractivity contribution in [2.75, 3.05) is 13.1 Å². The number of likely N-dealkylation sites (tertiary alicyclic amines) is 1. The molecule has 2 heterocycles. The molecule has 1 aliphatic rings. The molecule has 1 aromatic carbocycles. The molecule has 1 fully saturated rings. The summed E-state index contributed by atoms with van der Waals surface area (Å²) in [5, 5.41) is 0. The van der Waals surface area contributed by atoms with Crippen molar-refractivity contribution in [3.05, 3.63) is 54.0 Å². The molecule has 0 aliphatic carbocycles. The number of piperidine rings is 1. The number of hydrogen-bond donors (Lipinski definition) is 1. The summed E-state index contributed by atoms with van der Waals surface area (Å²) in [6.45, 7) is 1.43. The fourth-order valence-corrected chi connectivity index (χ4v) is 3.46. The molecule has 1 saturated heterocycles. The van der Waals surface area contributed by atoms with E-state index in [0.29, 0.717) is 18.8 Å². The van der Waals surface area contributed by atoms with E-state index in [1.807, 2.05) is 29.2 Å². The Morgan fingerprint density at radius 1 is 1.23 bits per heavy atom. The number of benzene rings is 1. The Morgan fingerprint density at radius 3 is 2.68 bits per heavy atom. The first-order valence-electron chi connectivity index (χ1n) is 7.53. The highest BCUT2D eigenvalue weighted by Crippen LogP contribution is 2.26. The average molecular weight is 316 g/mol. The van der Waals surface area contributed by atoms with E-state index in [-0.39, 0.29) is 11.9 Å². The van der Waals surface area contributed by atoms with Crippen molar-refractivity contribution in [3.8, 4) is 0 Å². The quantitative estimate of drug-likeness (QED) is 0.880. The van der Waals surface area contributed by atoms with Crippen LogP contribution in [0.15, 0.2) is 52.0 Å². The van der Waals surface area contributed by atoms with Gasteiger partial charge in [-0.25, -0.2) is 0 Å². The molecule has 1 aliphatic heterocycles. The Kier molecular flexibility index (Phi) is 4.85. The number of thioether (sulfide) groups is 1. The Balaban J connectivity index is 1.65. The lowest BCUT2D eigenvalue weighted by atomic mass is 10.1. The molecule has 0 unspecified atom stereocenters. The number of nitrogens with zero attached hydrogens (tertiary/aromatic N) is 1. The van der Waals surface area contributed by atoms with E-state index in [0.717, 1.165) is 24.2 Å². The van der Waals surface area contributed by atoms with Gasteiger partial charge in [-0.05, 0) is 31.0 Å². The molecule has 3 rings (SSSR count). The van der Waals surface area contributed by atoms with E-state index >= 15 is 0 Å². The maximum Gasteiger partial charge on any atom is 0.289 e. The predicted molar refractivity (Wildman–Crippen MR) is 87.8 cm³/mol. The molecule has 5 heteroatoms. The van der Waals surface area contributed by atoms with Gasteiger partial charge in [-0.2, -0.15) is 0 Å². The maximum atomic E-state index is 12.6. The van der Waals surface area contributed by atoms with E-state index in [9.17, 15) is 4.79 Å². The predicted octanol–water partition coefficient (Wildman–Crippen LogP) is 3.14. The zero-order valence-corrected chi connectivity index (χ0v) is 13.2. The molecule has 0 bridgehead atoms. The summed E-state index contributed by atoms with van der Waals surface area (Å²) in [5.74, 6) is 1.19. The standard InChI is InChI=1S/C17H20N2O2S/c18-14-6-9-19(10-7-14)17(20)16-13(8-11-21-16)12-22-15-4-2-1-3-5-15/h1-5,8,11,14H,6-7,9-10,12,18H2. The minimum Gasteiger partial charge on any atom is -0.459 e. The summed E-state index contributed by atoms with van der Waals surface area (Å²) in [6.07, 6.45) is 3.32. The van der Waals surface area contributed by atoms with Crippen LogP contribution in [-0.2, 0) is 5.75 Å². The van der Waals surface area contributed by atoms with Crippen LogP contribution < -0.4 is 5.73 Å². The molecule has 1 aromatic heterocycles. The zero-order valence-electron chi connectivity index (χ0n) is 12.4. The smallest absolute Gasteiger partial charge is 0.289 e. The minimum atomic E-state index is -0.0134. The molecule has 0 spiro atoms. The van der Waals surface area contributed by atoms with Gasteiger partial charge in [0.25, 0.3) is 5.91 Å². The second-order valence-corrected chi connectivity index (χ2v) is 6.56. The Hall–Kier alpha value is -1.72. The van der Waals surface area contributed by atoms with Crippen molar-refractivity contribution in [2.45, 2.75) is 29.5 Å². The summed E-state index contributed by atoms with van der Waals surface area (Å²) in [6, 6.07) is 12.3. The molecular weight excluding hydrogens is 296 g/mol. The third-order valence-electron chi connectivity index (χ3n) is 3.91. The van der Waals surface area contributed by atoms with Crippen LogP contribution in [0.1, 0.15) is 29.0 Å². The first-order chi connectivity index (χ1) is 10.7. The van der Waals surface area contributed by atoms with Gasteiger partial charge in [0, 0.05) is 35.3 Å². The van der Waals surface area contributed by atoms with Gasteiger partial charge in [0.2, 0.25) is 0 Å². The fourth-order valence-electron chi connectivity index (χ4n) is 2.56. The fraction of sp³-hybridized carbons (Fsp3) is 0.353. The van der Waals surface area contributed by atoms with Crippen LogP contribution >= 0.6 is 11.8 Å². The highest BCUT2D eigenvalue weighted by atomic mass is 32.2.